The van der Waals surface area contributed by atoms with E-state index in [0.29, 0.717) is 5.56 Å². The van der Waals surface area contributed by atoms with E-state index in [9.17, 15) is 14.0 Å². The van der Waals surface area contributed by atoms with Crippen LogP contribution in [0.3, 0.4) is 0 Å². The summed E-state index contributed by atoms with van der Waals surface area (Å²) in [7, 11) is 1.30. The SMILES string of the molecule is COC(=O)CSC(C)C(=O)c1ccc(F)cc1. The molecule has 92 valence electrons. The lowest BCUT2D eigenvalue weighted by molar-refractivity contribution is -0.137. The maximum absolute atomic E-state index is 12.7. The van der Waals surface area contributed by atoms with Crippen LogP contribution >= 0.6 is 11.8 Å². The van der Waals surface area contributed by atoms with Gasteiger partial charge in [0.2, 0.25) is 0 Å². The topological polar surface area (TPSA) is 43.4 Å². The van der Waals surface area contributed by atoms with Gasteiger partial charge in [-0.05, 0) is 31.2 Å². The fourth-order valence-electron chi connectivity index (χ4n) is 1.18. The molecule has 0 saturated carbocycles. The molecule has 1 atom stereocenters. The van der Waals surface area contributed by atoms with Crippen LogP contribution in [-0.4, -0.2) is 29.9 Å². The summed E-state index contributed by atoms with van der Waals surface area (Å²) in [6, 6.07) is 5.36. The van der Waals surface area contributed by atoms with E-state index >= 15 is 0 Å². The van der Waals surface area contributed by atoms with Crippen molar-refractivity contribution in [2.75, 3.05) is 12.9 Å². The van der Waals surface area contributed by atoms with Crippen LogP contribution in [-0.2, 0) is 9.53 Å². The van der Waals surface area contributed by atoms with Crippen molar-refractivity contribution in [1.82, 2.24) is 0 Å². The smallest absolute Gasteiger partial charge is 0.315 e. The molecule has 0 spiro atoms. The van der Waals surface area contributed by atoms with Crippen LogP contribution in [0.2, 0.25) is 0 Å². The Kier molecular flexibility index (Phi) is 5.15. The summed E-state index contributed by atoms with van der Waals surface area (Å²) in [6.07, 6.45) is 0. The molecule has 1 aromatic rings. The van der Waals surface area contributed by atoms with E-state index in [2.05, 4.69) is 4.74 Å². The Morgan fingerprint density at radius 3 is 2.47 bits per heavy atom. The predicted molar refractivity (Wildman–Crippen MR) is 64.7 cm³/mol. The molecule has 3 nitrogen and oxygen atoms in total. The quantitative estimate of drug-likeness (QED) is 0.599. The highest BCUT2D eigenvalue weighted by atomic mass is 32.2. The van der Waals surface area contributed by atoms with Crippen LogP contribution in [0.25, 0.3) is 0 Å². The second-order valence-corrected chi connectivity index (χ2v) is 4.73. The average Bonchev–Trinajstić information content (AvgIpc) is 2.35. The molecule has 0 heterocycles. The first-order chi connectivity index (χ1) is 8.04. The molecule has 0 aromatic heterocycles. The molecule has 0 fully saturated rings. The summed E-state index contributed by atoms with van der Waals surface area (Å²) in [5.74, 6) is -0.742. The number of carbonyl (C=O) groups is 2. The number of carbonyl (C=O) groups excluding carboxylic acids is 2. The van der Waals surface area contributed by atoms with Gasteiger partial charge in [-0.25, -0.2) is 4.39 Å². The molecule has 0 aliphatic rings. The fourth-order valence-corrected chi connectivity index (χ4v) is 1.97. The molecule has 0 radical (unpaired) electrons. The van der Waals surface area contributed by atoms with Gasteiger partial charge in [0.15, 0.2) is 5.78 Å². The van der Waals surface area contributed by atoms with Crippen LogP contribution in [0.4, 0.5) is 4.39 Å². The van der Waals surface area contributed by atoms with E-state index in [1.54, 1.807) is 6.92 Å². The van der Waals surface area contributed by atoms with Crippen LogP contribution in [0, 0.1) is 5.82 Å². The fraction of sp³-hybridized carbons (Fsp3) is 0.333. The third-order valence-electron chi connectivity index (χ3n) is 2.18. The number of rotatable bonds is 5. The lowest BCUT2D eigenvalue weighted by atomic mass is 10.1. The van der Waals surface area contributed by atoms with Gasteiger partial charge in [-0.3, -0.25) is 9.59 Å². The minimum absolute atomic E-state index is 0.126. The Bertz CT molecular complexity index is 403. The van der Waals surface area contributed by atoms with Crippen molar-refractivity contribution in [1.29, 1.82) is 0 Å². The third-order valence-corrected chi connectivity index (χ3v) is 3.29. The van der Waals surface area contributed by atoms with Crippen molar-refractivity contribution >= 4 is 23.5 Å². The van der Waals surface area contributed by atoms with Gasteiger partial charge in [0.1, 0.15) is 5.82 Å². The predicted octanol–water partition coefficient (Wildman–Crippen LogP) is 2.30. The number of halogens is 1. The molecule has 0 aliphatic carbocycles. The molecular formula is C12H13FO3S. The molecule has 0 aliphatic heterocycles. The Balaban J connectivity index is 2.57. The van der Waals surface area contributed by atoms with Crippen LogP contribution in [0.15, 0.2) is 24.3 Å². The van der Waals surface area contributed by atoms with Crippen molar-refractivity contribution in [3.05, 3.63) is 35.6 Å². The van der Waals surface area contributed by atoms with Crippen LogP contribution in [0.5, 0.6) is 0 Å². The van der Waals surface area contributed by atoms with Gasteiger partial charge in [-0.15, -0.1) is 11.8 Å². The summed E-state index contributed by atoms with van der Waals surface area (Å²) in [6.45, 7) is 1.71. The highest BCUT2D eigenvalue weighted by Gasteiger charge is 2.17. The highest BCUT2D eigenvalue weighted by Crippen LogP contribution is 2.16. The summed E-state index contributed by atoms with van der Waals surface area (Å²) in [5, 5.41) is -0.362. The summed E-state index contributed by atoms with van der Waals surface area (Å²) in [5.41, 5.74) is 0.441. The minimum Gasteiger partial charge on any atom is -0.468 e. The Morgan fingerprint density at radius 1 is 1.35 bits per heavy atom. The second kappa shape index (κ2) is 6.39. The standard InChI is InChI=1S/C12H13FO3S/c1-8(17-7-11(14)16-2)12(15)9-3-5-10(13)6-4-9/h3-6,8H,7H2,1-2H3. The molecule has 0 N–H and O–H groups in total. The van der Waals surface area contributed by atoms with E-state index in [1.165, 1.54) is 43.1 Å². The first kappa shape index (κ1) is 13.7. The zero-order valence-electron chi connectivity index (χ0n) is 9.60. The maximum Gasteiger partial charge on any atom is 0.315 e. The number of esters is 1. The second-order valence-electron chi connectivity index (χ2n) is 3.40. The Labute approximate surface area is 103 Å². The molecule has 1 aromatic carbocycles. The van der Waals surface area contributed by atoms with Gasteiger partial charge in [0, 0.05) is 5.56 Å². The van der Waals surface area contributed by atoms with Crippen LogP contribution < -0.4 is 0 Å². The Morgan fingerprint density at radius 2 is 1.94 bits per heavy atom. The molecule has 1 rings (SSSR count). The van der Waals surface area contributed by atoms with Crippen molar-refractivity contribution in [3.8, 4) is 0 Å². The van der Waals surface area contributed by atoms with Gasteiger partial charge in [-0.1, -0.05) is 0 Å². The highest BCUT2D eigenvalue weighted by molar-refractivity contribution is 8.01. The molecular weight excluding hydrogens is 243 g/mol. The van der Waals surface area contributed by atoms with Gasteiger partial charge in [0.25, 0.3) is 0 Å². The number of hydrogen-bond donors (Lipinski definition) is 0. The summed E-state index contributed by atoms with van der Waals surface area (Å²) >= 11 is 1.20. The molecule has 0 saturated heterocycles. The lowest BCUT2D eigenvalue weighted by Crippen LogP contribution is -2.16. The zero-order valence-corrected chi connectivity index (χ0v) is 10.4. The number of hydrogen-bond acceptors (Lipinski definition) is 4. The van der Waals surface area contributed by atoms with E-state index in [0.717, 1.165) is 0 Å². The van der Waals surface area contributed by atoms with Gasteiger partial charge < -0.3 is 4.74 Å². The zero-order chi connectivity index (χ0) is 12.8. The number of benzene rings is 1. The minimum atomic E-state index is -0.378. The molecule has 1 unspecified atom stereocenters. The molecule has 17 heavy (non-hydrogen) atoms. The Hall–Kier alpha value is -1.36. The number of ketones is 1. The van der Waals surface area contributed by atoms with Crippen molar-refractivity contribution in [2.24, 2.45) is 0 Å². The van der Waals surface area contributed by atoms with Gasteiger partial charge in [0.05, 0.1) is 18.1 Å². The van der Waals surface area contributed by atoms with E-state index in [1.807, 2.05) is 0 Å². The number of ether oxygens (including phenoxy) is 1. The summed E-state index contributed by atoms with van der Waals surface area (Å²) in [4.78, 5) is 22.8. The number of methoxy groups -OCH3 is 1. The van der Waals surface area contributed by atoms with Crippen molar-refractivity contribution in [2.45, 2.75) is 12.2 Å². The molecule has 0 bridgehead atoms. The summed E-state index contributed by atoms with van der Waals surface area (Å²) < 4.78 is 17.2. The van der Waals surface area contributed by atoms with Gasteiger partial charge >= 0.3 is 5.97 Å². The third kappa shape index (κ3) is 4.19. The first-order valence-electron chi connectivity index (χ1n) is 5.02. The average molecular weight is 256 g/mol. The van der Waals surface area contributed by atoms with E-state index in [4.69, 9.17) is 0 Å². The number of Topliss-reactive ketones (excluding diaryl/α,β-unsaturated/α-hetero) is 1. The van der Waals surface area contributed by atoms with Gasteiger partial charge in [-0.2, -0.15) is 0 Å². The van der Waals surface area contributed by atoms with E-state index in [-0.39, 0.29) is 28.6 Å². The molecule has 0 amide bonds. The first-order valence-corrected chi connectivity index (χ1v) is 6.07. The maximum atomic E-state index is 12.7. The van der Waals surface area contributed by atoms with E-state index < -0.39 is 0 Å². The van der Waals surface area contributed by atoms with Crippen molar-refractivity contribution in [3.63, 3.8) is 0 Å². The number of thioether (sulfide) groups is 1. The monoisotopic (exact) mass is 256 g/mol. The van der Waals surface area contributed by atoms with Crippen molar-refractivity contribution < 1.29 is 18.7 Å². The largest absolute Gasteiger partial charge is 0.468 e. The van der Waals surface area contributed by atoms with Crippen LogP contribution in [0.1, 0.15) is 17.3 Å². The lowest BCUT2D eigenvalue weighted by Gasteiger charge is -2.09. The molecule has 5 heteroatoms. The normalized spacial score (nSPS) is 11.9.